The van der Waals surface area contributed by atoms with Crippen LogP contribution in [0.3, 0.4) is 0 Å². The molecule has 20 heavy (non-hydrogen) atoms. The summed E-state index contributed by atoms with van der Waals surface area (Å²) in [6, 6.07) is 5.24. The Kier molecular flexibility index (Phi) is 4.52. The molecule has 112 valence electrons. The highest BCUT2D eigenvalue weighted by Crippen LogP contribution is 2.26. The zero-order chi connectivity index (χ0) is 14.8. The van der Waals surface area contributed by atoms with Crippen molar-refractivity contribution >= 4 is 21.4 Å². The number of hydrogen-bond acceptors (Lipinski definition) is 5. The molecule has 0 aromatic heterocycles. The van der Waals surface area contributed by atoms with Gasteiger partial charge in [0.2, 0.25) is 10.0 Å². The molecule has 0 amide bonds. The van der Waals surface area contributed by atoms with Crippen LogP contribution in [0.5, 0.6) is 0 Å². The minimum atomic E-state index is -3.70. The largest absolute Gasteiger partial charge is 0.397 e. The summed E-state index contributed by atoms with van der Waals surface area (Å²) in [5.41, 5.74) is 6.98. The molecule has 0 spiro atoms. The van der Waals surface area contributed by atoms with Crippen molar-refractivity contribution in [2.24, 2.45) is 5.14 Å². The second-order valence-electron chi connectivity index (χ2n) is 5.08. The summed E-state index contributed by atoms with van der Waals surface area (Å²) >= 11 is 0. The van der Waals surface area contributed by atoms with E-state index in [1.807, 2.05) is 0 Å². The molecular weight excluding hydrogens is 276 g/mol. The van der Waals surface area contributed by atoms with Gasteiger partial charge in [0.1, 0.15) is 0 Å². The number of anilines is 2. The summed E-state index contributed by atoms with van der Waals surface area (Å²) in [6.07, 6.45) is 2.58. The van der Waals surface area contributed by atoms with Gasteiger partial charge < -0.3 is 11.1 Å². The molecule has 1 aliphatic carbocycles. The van der Waals surface area contributed by atoms with Gasteiger partial charge in [0.05, 0.1) is 16.3 Å². The molecule has 1 aliphatic rings. The summed E-state index contributed by atoms with van der Waals surface area (Å²) in [7, 11) is -3.70. The predicted octanol–water partition coefficient (Wildman–Crippen LogP) is 0.812. The minimum absolute atomic E-state index is 0.0358. The van der Waals surface area contributed by atoms with Gasteiger partial charge in [0.15, 0.2) is 0 Å². The van der Waals surface area contributed by atoms with Gasteiger partial charge in [0.25, 0.3) is 0 Å². The lowest BCUT2D eigenvalue weighted by Gasteiger charge is -2.20. The summed E-state index contributed by atoms with van der Waals surface area (Å²) in [6.45, 7) is 4.95. The Bertz CT molecular complexity index is 570. The highest BCUT2D eigenvalue weighted by molar-refractivity contribution is 7.89. The maximum Gasteiger partial charge on any atom is 0.238 e. The van der Waals surface area contributed by atoms with E-state index >= 15 is 0 Å². The van der Waals surface area contributed by atoms with Gasteiger partial charge in [-0.2, -0.15) is 0 Å². The number of nitrogens with one attached hydrogen (secondary N) is 1. The van der Waals surface area contributed by atoms with Crippen molar-refractivity contribution in [2.75, 3.05) is 30.7 Å². The molecule has 0 heterocycles. The fraction of sp³-hybridized carbons (Fsp3) is 0.538. The third-order valence-electron chi connectivity index (χ3n) is 3.54. The van der Waals surface area contributed by atoms with Crippen LogP contribution in [0.4, 0.5) is 11.4 Å². The second kappa shape index (κ2) is 5.99. The first kappa shape index (κ1) is 15.1. The van der Waals surface area contributed by atoms with E-state index in [9.17, 15) is 8.42 Å². The predicted molar refractivity (Wildman–Crippen MR) is 81.0 cm³/mol. The van der Waals surface area contributed by atoms with Crippen LogP contribution < -0.4 is 16.2 Å². The normalized spacial score (nSPS) is 15.6. The molecule has 1 fully saturated rings. The van der Waals surface area contributed by atoms with E-state index in [1.165, 1.54) is 25.0 Å². The number of nitrogens with zero attached hydrogens (tertiary/aromatic N) is 1. The first-order valence-electron chi connectivity index (χ1n) is 6.82. The van der Waals surface area contributed by atoms with E-state index in [0.29, 0.717) is 5.69 Å². The van der Waals surface area contributed by atoms with Crippen LogP contribution >= 0.6 is 0 Å². The maximum absolute atomic E-state index is 11.2. The molecule has 2 rings (SSSR count). The molecule has 0 aliphatic heterocycles. The smallest absolute Gasteiger partial charge is 0.238 e. The molecule has 0 bridgehead atoms. The Labute approximate surface area is 120 Å². The molecule has 0 radical (unpaired) electrons. The zero-order valence-electron chi connectivity index (χ0n) is 11.7. The SMILES string of the molecule is CCN(CCNc1ccc(S(N)(=O)=O)cc1N)C1CC1. The molecule has 1 aromatic rings. The highest BCUT2D eigenvalue weighted by atomic mass is 32.2. The van der Waals surface area contributed by atoms with Crippen LogP contribution in [-0.2, 0) is 10.0 Å². The van der Waals surface area contributed by atoms with Crippen LogP contribution in [0.15, 0.2) is 23.1 Å². The zero-order valence-corrected chi connectivity index (χ0v) is 12.5. The fourth-order valence-electron chi connectivity index (χ4n) is 2.25. The minimum Gasteiger partial charge on any atom is -0.397 e. The summed E-state index contributed by atoms with van der Waals surface area (Å²) in [5.74, 6) is 0. The van der Waals surface area contributed by atoms with Crippen LogP contribution in [0, 0.1) is 0 Å². The first-order valence-corrected chi connectivity index (χ1v) is 8.36. The third-order valence-corrected chi connectivity index (χ3v) is 4.45. The number of sulfonamides is 1. The summed E-state index contributed by atoms with van der Waals surface area (Å²) in [5, 5.41) is 8.30. The van der Waals surface area contributed by atoms with Gasteiger partial charge in [-0.05, 0) is 37.6 Å². The van der Waals surface area contributed by atoms with Gasteiger partial charge in [-0.25, -0.2) is 13.6 Å². The van der Waals surface area contributed by atoms with Crippen LogP contribution in [0.1, 0.15) is 19.8 Å². The molecule has 7 heteroatoms. The van der Waals surface area contributed by atoms with Gasteiger partial charge >= 0.3 is 0 Å². The number of likely N-dealkylation sites (N-methyl/N-ethyl adjacent to an activating group) is 1. The van der Waals surface area contributed by atoms with Crippen LogP contribution in [0.25, 0.3) is 0 Å². The van der Waals surface area contributed by atoms with Crippen LogP contribution in [0.2, 0.25) is 0 Å². The van der Waals surface area contributed by atoms with Crippen molar-refractivity contribution in [1.82, 2.24) is 4.90 Å². The monoisotopic (exact) mass is 298 g/mol. The Morgan fingerprint density at radius 3 is 2.60 bits per heavy atom. The van der Waals surface area contributed by atoms with E-state index in [1.54, 1.807) is 6.07 Å². The lowest BCUT2D eigenvalue weighted by molar-refractivity contribution is 0.289. The molecule has 1 saturated carbocycles. The van der Waals surface area contributed by atoms with Gasteiger partial charge in [-0.1, -0.05) is 6.92 Å². The Morgan fingerprint density at radius 2 is 2.10 bits per heavy atom. The Morgan fingerprint density at radius 1 is 1.40 bits per heavy atom. The van der Waals surface area contributed by atoms with Crippen LogP contribution in [-0.4, -0.2) is 39.0 Å². The molecule has 1 aromatic carbocycles. The van der Waals surface area contributed by atoms with Crippen molar-refractivity contribution in [3.63, 3.8) is 0 Å². The molecule has 0 saturated heterocycles. The highest BCUT2D eigenvalue weighted by Gasteiger charge is 2.27. The summed E-state index contributed by atoms with van der Waals surface area (Å²) < 4.78 is 22.4. The molecule has 0 unspecified atom stereocenters. The quantitative estimate of drug-likeness (QED) is 0.647. The average Bonchev–Trinajstić information content (AvgIpc) is 3.19. The number of nitrogens with two attached hydrogens (primary N) is 2. The van der Waals surface area contributed by atoms with E-state index in [-0.39, 0.29) is 4.90 Å². The second-order valence-corrected chi connectivity index (χ2v) is 6.64. The molecule has 5 N–H and O–H groups in total. The van der Waals surface area contributed by atoms with Gasteiger partial charge in [-0.3, -0.25) is 4.90 Å². The van der Waals surface area contributed by atoms with E-state index in [2.05, 4.69) is 17.1 Å². The van der Waals surface area contributed by atoms with E-state index in [0.717, 1.165) is 31.4 Å². The number of nitrogen functional groups attached to an aromatic ring is 1. The first-order chi connectivity index (χ1) is 9.41. The van der Waals surface area contributed by atoms with Crippen molar-refractivity contribution < 1.29 is 8.42 Å². The third kappa shape index (κ3) is 3.84. The van der Waals surface area contributed by atoms with Crippen molar-refractivity contribution in [3.8, 4) is 0 Å². The average molecular weight is 298 g/mol. The fourth-order valence-corrected chi connectivity index (χ4v) is 2.80. The van der Waals surface area contributed by atoms with Gasteiger partial charge in [-0.15, -0.1) is 0 Å². The number of hydrogen-bond donors (Lipinski definition) is 3. The maximum atomic E-state index is 11.2. The molecule has 0 atom stereocenters. The Balaban J connectivity index is 1.93. The molecule has 6 nitrogen and oxygen atoms in total. The van der Waals surface area contributed by atoms with Crippen molar-refractivity contribution in [2.45, 2.75) is 30.7 Å². The van der Waals surface area contributed by atoms with Gasteiger partial charge in [0, 0.05) is 19.1 Å². The lowest BCUT2D eigenvalue weighted by atomic mass is 10.2. The molecular formula is C13H22N4O2S. The van der Waals surface area contributed by atoms with E-state index < -0.39 is 10.0 Å². The standard InChI is InChI=1S/C13H22N4O2S/c1-2-17(10-3-4-10)8-7-16-13-6-5-11(9-12(13)14)20(15,18)19/h5-6,9-10,16H,2-4,7-8,14H2,1H3,(H2,15,18,19). The summed E-state index contributed by atoms with van der Waals surface area (Å²) in [4.78, 5) is 2.47. The number of rotatable bonds is 7. The Hall–Kier alpha value is -1.31. The van der Waals surface area contributed by atoms with E-state index in [4.69, 9.17) is 10.9 Å². The van der Waals surface area contributed by atoms with Crippen molar-refractivity contribution in [3.05, 3.63) is 18.2 Å². The lowest BCUT2D eigenvalue weighted by Crippen LogP contribution is -2.31. The number of primary sulfonamides is 1. The number of benzene rings is 1. The van der Waals surface area contributed by atoms with Crippen molar-refractivity contribution in [1.29, 1.82) is 0 Å². The topological polar surface area (TPSA) is 101 Å².